The number of hydrogen-bond acceptors (Lipinski definition) is 4. The molecule has 2 amide bonds. The molecule has 0 fully saturated rings. The fraction of sp³-hybridized carbons (Fsp3) is 0.179. The fourth-order valence-electron chi connectivity index (χ4n) is 4.76. The van der Waals surface area contributed by atoms with E-state index in [0.717, 1.165) is 40.1 Å². The van der Waals surface area contributed by atoms with Crippen LogP contribution in [0.1, 0.15) is 24.8 Å². The molecule has 0 radical (unpaired) electrons. The maximum atomic E-state index is 14.4. The first-order chi connectivity index (χ1) is 17.5. The minimum atomic E-state index is -0.686. The second-order valence-corrected chi connectivity index (χ2v) is 9.50. The molecule has 0 aliphatic carbocycles. The molecule has 4 aromatic rings. The summed E-state index contributed by atoms with van der Waals surface area (Å²) in [6.07, 6.45) is -0.0224. The highest BCUT2D eigenvalue weighted by Crippen LogP contribution is 2.37. The molecule has 2 heterocycles. The lowest BCUT2D eigenvalue weighted by atomic mass is 9.87. The van der Waals surface area contributed by atoms with E-state index in [1.807, 2.05) is 30.3 Å². The Kier molecular flexibility index (Phi) is 6.49. The van der Waals surface area contributed by atoms with Gasteiger partial charge in [0.15, 0.2) is 0 Å². The minimum Gasteiger partial charge on any atom is -0.341 e. The average molecular weight is 499 g/mol. The third-order valence-electron chi connectivity index (χ3n) is 6.36. The first kappa shape index (κ1) is 23.6. The van der Waals surface area contributed by atoms with E-state index in [1.165, 1.54) is 6.07 Å². The van der Waals surface area contributed by atoms with Crippen molar-refractivity contribution in [2.45, 2.75) is 25.8 Å². The molecular weight excluding hydrogens is 475 g/mol. The van der Waals surface area contributed by atoms with Crippen molar-refractivity contribution in [1.82, 2.24) is 9.88 Å². The summed E-state index contributed by atoms with van der Waals surface area (Å²) in [7, 11) is 0. The van der Waals surface area contributed by atoms with Gasteiger partial charge in [-0.1, -0.05) is 48.2 Å². The number of aryl methyl sites for hydroxylation is 1. The zero-order chi connectivity index (χ0) is 25.2. The molecule has 1 aliphatic rings. The summed E-state index contributed by atoms with van der Waals surface area (Å²) >= 11 is 1.07. The summed E-state index contributed by atoms with van der Waals surface area (Å²) < 4.78 is 16.6. The normalized spacial score (nSPS) is 15.7. The summed E-state index contributed by atoms with van der Waals surface area (Å²) in [5.41, 5.74) is 3.46. The molecule has 1 atom stereocenters. The van der Waals surface area contributed by atoms with E-state index in [9.17, 15) is 19.2 Å². The zero-order valence-corrected chi connectivity index (χ0v) is 20.4. The number of nitriles is 1. The quantitative estimate of drug-likeness (QED) is 0.359. The van der Waals surface area contributed by atoms with Gasteiger partial charge in [0, 0.05) is 46.4 Å². The Morgan fingerprint density at radius 3 is 2.67 bits per heavy atom. The van der Waals surface area contributed by atoms with Gasteiger partial charge < -0.3 is 15.2 Å². The molecule has 5 rings (SSSR count). The van der Waals surface area contributed by atoms with E-state index in [2.05, 4.69) is 40.3 Å². The first-order valence-electron chi connectivity index (χ1n) is 11.6. The number of para-hydroxylation sites is 1. The third kappa shape index (κ3) is 4.34. The Hall–Kier alpha value is -4.09. The molecule has 1 aliphatic heterocycles. The second-order valence-electron chi connectivity index (χ2n) is 8.51. The number of allylic oxidation sites excluding steroid dienone is 1. The van der Waals surface area contributed by atoms with E-state index in [1.54, 1.807) is 18.2 Å². The van der Waals surface area contributed by atoms with E-state index < -0.39 is 11.7 Å². The molecule has 1 aromatic heterocycles. The van der Waals surface area contributed by atoms with Crippen LogP contribution in [0.25, 0.3) is 21.8 Å². The number of carbonyl (C=O) groups is 2. The summed E-state index contributed by atoms with van der Waals surface area (Å²) in [5, 5.41) is 17.8. The number of hydrogen-bond donors (Lipinski definition) is 2. The molecule has 6 nitrogen and oxygen atoms in total. The molecule has 180 valence electrons. The van der Waals surface area contributed by atoms with Gasteiger partial charge in [0.2, 0.25) is 11.8 Å². The number of thioether (sulfide) groups is 1. The molecule has 0 bridgehead atoms. The maximum absolute atomic E-state index is 14.4. The van der Waals surface area contributed by atoms with Crippen molar-refractivity contribution >= 4 is 51.1 Å². The van der Waals surface area contributed by atoms with Crippen LogP contribution in [0.3, 0.4) is 0 Å². The number of carbonyl (C=O) groups excluding carboxylic acids is 2. The highest BCUT2D eigenvalue weighted by atomic mass is 32.2. The van der Waals surface area contributed by atoms with Crippen LogP contribution < -0.4 is 10.6 Å². The summed E-state index contributed by atoms with van der Waals surface area (Å²) in [6.45, 7) is 2.94. The van der Waals surface area contributed by atoms with E-state index >= 15 is 0 Å². The topological polar surface area (TPSA) is 86.9 Å². The van der Waals surface area contributed by atoms with Crippen molar-refractivity contribution in [3.63, 3.8) is 0 Å². The highest BCUT2D eigenvalue weighted by molar-refractivity contribution is 8.03. The zero-order valence-electron chi connectivity index (χ0n) is 19.5. The lowest BCUT2D eigenvalue weighted by Gasteiger charge is -2.25. The third-order valence-corrected chi connectivity index (χ3v) is 7.37. The molecule has 8 heteroatoms. The fourth-order valence-corrected chi connectivity index (χ4v) is 5.64. The molecular formula is C28H23FN4O2S. The monoisotopic (exact) mass is 498 g/mol. The predicted molar refractivity (Wildman–Crippen MR) is 141 cm³/mol. The van der Waals surface area contributed by atoms with Crippen LogP contribution in [0.4, 0.5) is 10.1 Å². The number of amides is 2. The van der Waals surface area contributed by atoms with Crippen LogP contribution in [0.15, 0.2) is 77.3 Å². The van der Waals surface area contributed by atoms with Crippen molar-refractivity contribution in [2.75, 3.05) is 11.1 Å². The van der Waals surface area contributed by atoms with E-state index in [-0.39, 0.29) is 29.6 Å². The highest BCUT2D eigenvalue weighted by Gasteiger charge is 2.31. The Morgan fingerprint density at radius 2 is 1.89 bits per heavy atom. The SMILES string of the molecule is CCn1c2ccccc2c2cc(NC(=O)CSC3=C(C#N)C(c4ccccc4F)CC(=O)N3)ccc21. The Balaban J connectivity index is 1.36. The van der Waals surface area contributed by atoms with Gasteiger partial charge in [-0.05, 0) is 42.8 Å². The van der Waals surface area contributed by atoms with Crippen LogP contribution in [-0.4, -0.2) is 22.1 Å². The number of halogens is 1. The maximum Gasteiger partial charge on any atom is 0.234 e. The summed E-state index contributed by atoms with van der Waals surface area (Å²) in [4.78, 5) is 25.1. The van der Waals surface area contributed by atoms with Crippen molar-refractivity contribution in [3.05, 3.63) is 88.7 Å². The average Bonchev–Trinajstić information content (AvgIpc) is 3.20. The van der Waals surface area contributed by atoms with Gasteiger partial charge in [-0.15, -0.1) is 0 Å². The van der Waals surface area contributed by atoms with Crippen LogP contribution in [-0.2, 0) is 16.1 Å². The first-order valence-corrected chi connectivity index (χ1v) is 12.6. The molecule has 0 saturated heterocycles. The lowest BCUT2D eigenvalue weighted by molar-refractivity contribution is -0.121. The molecule has 2 N–H and O–H groups in total. The summed E-state index contributed by atoms with van der Waals surface area (Å²) in [6, 6.07) is 22.2. The van der Waals surface area contributed by atoms with Crippen molar-refractivity contribution in [2.24, 2.45) is 0 Å². The van der Waals surface area contributed by atoms with Gasteiger partial charge in [0.25, 0.3) is 0 Å². The molecule has 0 spiro atoms. The lowest BCUT2D eigenvalue weighted by Crippen LogP contribution is -2.31. The van der Waals surface area contributed by atoms with Crippen LogP contribution in [0, 0.1) is 17.1 Å². The van der Waals surface area contributed by atoms with Gasteiger partial charge in [0.05, 0.1) is 22.4 Å². The van der Waals surface area contributed by atoms with Gasteiger partial charge >= 0.3 is 0 Å². The van der Waals surface area contributed by atoms with E-state index in [0.29, 0.717) is 16.3 Å². The van der Waals surface area contributed by atoms with Gasteiger partial charge in [0.1, 0.15) is 5.82 Å². The predicted octanol–water partition coefficient (Wildman–Crippen LogP) is 5.66. The number of nitrogens with one attached hydrogen (secondary N) is 2. The Morgan fingerprint density at radius 1 is 1.14 bits per heavy atom. The van der Waals surface area contributed by atoms with Crippen molar-refractivity contribution < 1.29 is 14.0 Å². The van der Waals surface area contributed by atoms with E-state index in [4.69, 9.17) is 0 Å². The second kappa shape index (κ2) is 9.88. The Labute approximate surface area is 211 Å². The Bertz CT molecular complexity index is 1580. The molecule has 36 heavy (non-hydrogen) atoms. The molecule has 3 aromatic carbocycles. The van der Waals surface area contributed by atoms with Crippen LogP contribution in [0.2, 0.25) is 0 Å². The number of benzene rings is 3. The van der Waals surface area contributed by atoms with Crippen molar-refractivity contribution in [3.8, 4) is 6.07 Å². The van der Waals surface area contributed by atoms with Crippen molar-refractivity contribution in [1.29, 1.82) is 5.26 Å². The van der Waals surface area contributed by atoms with Crippen LogP contribution >= 0.6 is 11.8 Å². The largest absolute Gasteiger partial charge is 0.341 e. The smallest absolute Gasteiger partial charge is 0.234 e. The summed E-state index contributed by atoms with van der Waals surface area (Å²) in [5.74, 6) is -1.76. The number of fused-ring (bicyclic) bond motifs is 3. The van der Waals surface area contributed by atoms with Gasteiger partial charge in [-0.25, -0.2) is 4.39 Å². The number of nitrogens with zero attached hydrogens (tertiary/aromatic N) is 2. The number of aromatic nitrogens is 1. The standard InChI is InChI=1S/C28H23FN4O2S/c1-2-33-24-10-6-4-8-19(24)21-13-17(11-12-25(21)33)31-27(35)16-36-28-22(15-30)20(14-26(34)32-28)18-7-3-5-9-23(18)29/h3-13,20H,2,14,16H2,1H3,(H,31,35)(H,32,34). The molecule has 1 unspecified atom stereocenters. The minimum absolute atomic E-state index is 0.0143. The van der Waals surface area contributed by atoms with Gasteiger partial charge in [-0.2, -0.15) is 5.26 Å². The molecule has 0 saturated carbocycles. The van der Waals surface area contributed by atoms with Gasteiger partial charge in [-0.3, -0.25) is 9.59 Å². The number of rotatable bonds is 6. The number of anilines is 1. The van der Waals surface area contributed by atoms with Crippen LogP contribution in [0.5, 0.6) is 0 Å².